The monoisotopic (exact) mass is 444 g/mol. The molecule has 0 atom stereocenters. The van der Waals surface area contributed by atoms with Crippen LogP contribution in [0.2, 0.25) is 0 Å². The summed E-state index contributed by atoms with van der Waals surface area (Å²) in [7, 11) is 0. The number of hydrogen-bond donors (Lipinski definition) is 1. The van der Waals surface area contributed by atoms with Crippen LogP contribution in [0.1, 0.15) is 11.3 Å². The lowest BCUT2D eigenvalue weighted by Crippen LogP contribution is -2.34. The van der Waals surface area contributed by atoms with Crippen molar-refractivity contribution in [2.75, 3.05) is 13.2 Å². The van der Waals surface area contributed by atoms with Crippen LogP contribution in [0.4, 0.5) is 0 Å². The van der Waals surface area contributed by atoms with Crippen molar-refractivity contribution in [2.45, 2.75) is 26.2 Å². The van der Waals surface area contributed by atoms with Gasteiger partial charge in [-0.2, -0.15) is 0 Å². The molecule has 5 rings (SSSR count). The number of nitrogens with zero attached hydrogens (tertiary/aromatic N) is 5. The number of benzene rings is 2. The van der Waals surface area contributed by atoms with Gasteiger partial charge in [0.2, 0.25) is 11.8 Å². The van der Waals surface area contributed by atoms with Gasteiger partial charge in [-0.15, -0.1) is 5.10 Å². The lowest BCUT2D eigenvalue weighted by Gasteiger charge is -2.24. The molecule has 168 valence electrons. The molecule has 2 bridgehead atoms. The van der Waals surface area contributed by atoms with E-state index < -0.39 is 0 Å². The summed E-state index contributed by atoms with van der Waals surface area (Å²) in [6, 6.07) is 17.6. The predicted octanol–water partition coefficient (Wildman–Crippen LogP) is 1.97. The van der Waals surface area contributed by atoms with Crippen LogP contribution in [0.3, 0.4) is 0 Å². The number of nitrogens with one attached hydrogen (secondary N) is 1. The van der Waals surface area contributed by atoms with Gasteiger partial charge in [0.15, 0.2) is 0 Å². The molecule has 0 saturated heterocycles. The molecule has 0 unspecified atom stereocenters. The maximum atomic E-state index is 13.5. The number of rotatable bonds is 2. The molecule has 1 aliphatic rings. The van der Waals surface area contributed by atoms with Crippen molar-refractivity contribution >= 4 is 22.7 Å². The van der Waals surface area contributed by atoms with E-state index in [9.17, 15) is 9.59 Å². The quantitative estimate of drug-likeness (QED) is 0.510. The summed E-state index contributed by atoms with van der Waals surface area (Å²) >= 11 is 0. The molecule has 0 fully saturated rings. The smallest absolute Gasteiger partial charge is 0.243 e. The van der Waals surface area contributed by atoms with Crippen LogP contribution in [0.5, 0.6) is 5.75 Å². The number of ether oxygens (including phenoxy) is 1. The number of fused-ring (bicyclic) bond motifs is 4. The Morgan fingerprint density at radius 2 is 1.88 bits per heavy atom. The van der Waals surface area contributed by atoms with Crippen molar-refractivity contribution in [1.82, 2.24) is 29.8 Å². The summed E-state index contributed by atoms with van der Waals surface area (Å²) in [5.41, 5.74) is 2.51. The van der Waals surface area contributed by atoms with Crippen molar-refractivity contribution < 1.29 is 14.3 Å². The normalized spacial score (nSPS) is 14.8. The molecule has 0 radical (unpaired) electrons. The minimum atomic E-state index is -0.173. The van der Waals surface area contributed by atoms with Crippen LogP contribution in [0.15, 0.2) is 67.0 Å². The molecule has 1 aliphatic heterocycles. The largest absolute Gasteiger partial charge is 0.491 e. The van der Waals surface area contributed by atoms with Crippen molar-refractivity contribution in [3.63, 3.8) is 0 Å². The summed E-state index contributed by atoms with van der Waals surface area (Å²) in [6.07, 6.45) is 3.64. The second kappa shape index (κ2) is 9.15. The molecule has 2 aromatic carbocycles. The van der Waals surface area contributed by atoms with Crippen molar-refractivity contribution in [3.8, 4) is 5.75 Å². The second-order valence-electron chi connectivity index (χ2n) is 7.97. The lowest BCUT2D eigenvalue weighted by molar-refractivity contribution is -0.133. The highest BCUT2D eigenvalue weighted by molar-refractivity contribution is 5.83. The van der Waals surface area contributed by atoms with E-state index in [1.165, 1.54) is 4.68 Å². The van der Waals surface area contributed by atoms with Crippen LogP contribution in [-0.2, 0) is 35.8 Å². The van der Waals surface area contributed by atoms with Gasteiger partial charge in [0, 0.05) is 23.8 Å². The Bertz CT molecular complexity index is 1290. The van der Waals surface area contributed by atoms with E-state index in [0.717, 1.165) is 16.5 Å². The third-order valence-corrected chi connectivity index (χ3v) is 5.60. The summed E-state index contributed by atoms with van der Waals surface area (Å²) in [4.78, 5) is 27.4. The standard InChI is InChI=1S/C24H24N6O3/c31-23-16-30-15-20(26-27-30)14-29(13-19-6-2-4-8-22(19)33-12-10-25-23)24(32)17-28-11-9-18-5-1-3-7-21(18)28/h1-9,11,15H,10,12-14,16-17H2,(H,25,31). The first-order valence-corrected chi connectivity index (χ1v) is 10.8. The van der Waals surface area contributed by atoms with Gasteiger partial charge in [-0.05, 0) is 23.6 Å². The van der Waals surface area contributed by atoms with Gasteiger partial charge >= 0.3 is 0 Å². The van der Waals surface area contributed by atoms with Crippen LogP contribution in [0, 0.1) is 0 Å². The number of carbonyl (C=O) groups is 2. The Morgan fingerprint density at radius 1 is 1.03 bits per heavy atom. The van der Waals surface area contributed by atoms with Gasteiger partial charge < -0.3 is 19.5 Å². The van der Waals surface area contributed by atoms with Crippen LogP contribution < -0.4 is 10.1 Å². The van der Waals surface area contributed by atoms with Crippen LogP contribution in [-0.4, -0.2) is 49.4 Å². The zero-order valence-electron chi connectivity index (χ0n) is 18.1. The first kappa shape index (κ1) is 20.7. The van der Waals surface area contributed by atoms with Gasteiger partial charge in [0.05, 0.1) is 19.3 Å². The van der Waals surface area contributed by atoms with E-state index in [1.54, 1.807) is 11.1 Å². The molecule has 3 heterocycles. The first-order chi connectivity index (χ1) is 16.2. The average Bonchev–Trinajstić information content (AvgIpc) is 3.43. The molecule has 33 heavy (non-hydrogen) atoms. The highest BCUT2D eigenvalue weighted by Gasteiger charge is 2.20. The third kappa shape index (κ3) is 4.72. The molecule has 9 heteroatoms. The van der Waals surface area contributed by atoms with E-state index in [-0.39, 0.29) is 31.4 Å². The fraction of sp³-hybridized carbons (Fsp3) is 0.250. The minimum Gasteiger partial charge on any atom is -0.491 e. The van der Waals surface area contributed by atoms with E-state index in [1.807, 2.05) is 65.4 Å². The SMILES string of the molecule is O=C1Cn2cc(nn2)CN(C(=O)Cn2ccc3ccccc32)Cc2ccccc2OCCN1. The van der Waals surface area contributed by atoms with E-state index in [4.69, 9.17) is 4.74 Å². The molecular weight excluding hydrogens is 420 g/mol. The highest BCUT2D eigenvalue weighted by Crippen LogP contribution is 2.22. The molecule has 9 nitrogen and oxygen atoms in total. The zero-order chi connectivity index (χ0) is 22.6. The number of carbonyl (C=O) groups excluding carboxylic acids is 2. The number of hydrogen-bond acceptors (Lipinski definition) is 5. The lowest BCUT2D eigenvalue weighted by atomic mass is 10.1. The van der Waals surface area contributed by atoms with Gasteiger partial charge in [0.1, 0.15) is 31.1 Å². The summed E-state index contributed by atoms with van der Waals surface area (Å²) in [6.45, 7) is 1.61. The Kier molecular flexibility index (Phi) is 5.75. The first-order valence-electron chi connectivity index (χ1n) is 10.8. The van der Waals surface area contributed by atoms with E-state index in [2.05, 4.69) is 15.6 Å². The Balaban J connectivity index is 1.45. The maximum Gasteiger partial charge on any atom is 0.243 e. The Hall–Kier alpha value is -4.14. The molecule has 2 amide bonds. The topological polar surface area (TPSA) is 94.3 Å². The Labute approximate surface area is 190 Å². The number of amides is 2. The van der Waals surface area contributed by atoms with Gasteiger partial charge in [-0.25, -0.2) is 4.68 Å². The summed E-state index contributed by atoms with van der Waals surface area (Å²) in [5, 5.41) is 12.1. The molecule has 4 aromatic rings. The third-order valence-electron chi connectivity index (χ3n) is 5.60. The van der Waals surface area contributed by atoms with Crippen molar-refractivity contribution in [1.29, 1.82) is 0 Å². The fourth-order valence-corrected chi connectivity index (χ4v) is 3.98. The molecule has 1 N–H and O–H groups in total. The van der Waals surface area contributed by atoms with Crippen molar-refractivity contribution in [3.05, 3.63) is 78.2 Å². The maximum absolute atomic E-state index is 13.5. The average molecular weight is 444 g/mol. The molecule has 0 spiro atoms. The Morgan fingerprint density at radius 3 is 2.82 bits per heavy atom. The number of aromatic nitrogens is 4. The number of para-hydroxylation sites is 2. The predicted molar refractivity (Wildman–Crippen MR) is 121 cm³/mol. The molecule has 0 aliphatic carbocycles. The van der Waals surface area contributed by atoms with Crippen LogP contribution in [0.25, 0.3) is 10.9 Å². The summed E-state index contributed by atoms with van der Waals surface area (Å²) in [5.74, 6) is 0.468. The molecular formula is C24H24N6O3. The van der Waals surface area contributed by atoms with E-state index in [0.29, 0.717) is 31.1 Å². The van der Waals surface area contributed by atoms with Gasteiger partial charge in [-0.1, -0.05) is 41.6 Å². The van der Waals surface area contributed by atoms with E-state index >= 15 is 0 Å². The summed E-state index contributed by atoms with van der Waals surface area (Å²) < 4.78 is 9.34. The van der Waals surface area contributed by atoms with Crippen LogP contribution >= 0.6 is 0 Å². The van der Waals surface area contributed by atoms with Crippen molar-refractivity contribution in [2.24, 2.45) is 0 Å². The minimum absolute atomic E-state index is 0.0504. The molecule has 0 saturated carbocycles. The zero-order valence-corrected chi connectivity index (χ0v) is 18.1. The van der Waals surface area contributed by atoms with Gasteiger partial charge in [0.25, 0.3) is 0 Å². The molecule has 2 aromatic heterocycles. The highest BCUT2D eigenvalue weighted by atomic mass is 16.5. The van der Waals surface area contributed by atoms with Gasteiger partial charge in [-0.3, -0.25) is 9.59 Å². The fourth-order valence-electron chi connectivity index (χ4n) is 3.98. The second-order valence-corrected chi connectivity index (χ2v) is 7.97.